The standard InChI is InChI=1S/C20H21N3O3/c1-13-6-4-5-7-17(13)26-11-10-23(3)20(25)16-12-21-19-15(18(16)24)9-8-14(2)22-19/h4-9,12H,10-11H2,1-3H3,(H,21,22,24). The number of benzene rings is 1. The molecule has 6 nitrogen and oxygen atoms in total. The molecule has 3 aromatic rings. The molecule has 0 saturated carbocycles. The Morgan fingerprint density at radius 2 is 1.96 bits per heavy atom. The van der Waals surface area contributed by atoms with E-state index in [0.29, 0.717) is 24.2 Å². The third-order valence-electron chi connectivity index (χ3n) is 4.23. The molecule has 3 rings (SSSR count). The minimum Gasteiger partial charge on any atom is -0.491 e. The Morgan fingerprint density at radius 1 is 1.19 bits per heavy atom. The van der Waals surface area contributed by atoms with E-state index in [1.807, 2.05) is 38.1 Å². The Morgan fingerprint density at radius 3 is 2.73 bits per heavy atom. The molecule has 0 saturated heterocycles. The molecule has 0 bridgehead atoms. The van der Waals surface area contributed by atoms with Crippen molar-refractivity contribution in [2.24, 2.45) is 0 Å². The van der Waals surface area contributed by atoms with E-state index in [-0.39, 0.29) is 16.9 Å². The number of aromatic nitrogens is 2. The van der Waals surface area contributed by atoms with Crippen LogP contribution in [0.2, 0.25) is 0 Å². The van der Waals surface area contributed by atoms with Crippen molar-refractivity contribution in [2.45, 2.75) is 13.8 Å². The van der Waals surface area contributed by atoms with Crippen LogP contribution in [-0.4, -0.2) is 41.0 Å². The number of fused-ring (bicyclic) bond motifs is 1. The van der Waals surface area contributed by atoms with E-state index in [2.05, 4.69) is 9.97 Å². The molecule has 6 heteroatoms. The molecule has 26 heavy (non-hydrogen) atoms. The number of aromatic amines is 1. The number of aryl methyl sites for hydroxylation is 2. The van der Waals surface area contributed by atoms with Gasteiger partial charge in [-0.05, 0) is 37.6 Å². The van der Waals surface area contributed by atoms with Crippen molar-refractivity contribution in [2.75, 3.05) is 20.2 Å². The quantitative estimate of drug-likeness (QED) is 0.767. The Hall–Kier alpha value is -3.15. The third-order valence-corrected chi connectivity index (χ3v) is 4.23. The Bertz CT molecular complexity index is 1010. The second-order valence-electron chi connectivity index (χ2n) is 6.22. The van der Waals surface area contributed by atoms with E-state index < -0.39 is 0 Å². The maximum Gasteiger partial charge on any atom is 0.259 e. The molecule has 0 fully saturated rings. The summed E-state index contributed by atoms with van der Waals surface area (Å²) in [7, 11) is 1.65. The summed E-state index contributed by atoms with van der Waals surface area (Å²) < 4.78 is 5.72. The molecule has 0 aliphatic heterocycles. The van der Waals surface area contributed by atoms with E-state index in [9.17, 15) is 9.59 Å². The second-order valence-corrected chi connectivity index (χ2v) is 6.22. The molecular formula is C20H21N3O3. The molecule has 1 N–H and O–H groups in total. The fraction of sp³-hybridized carbons (Fsp3) is 0.250. The lowest BCUT2D eigenvalue weighted by Gasteiger charge is -2.18. The number of rotatable bonds is 5. The third kappa shape index (κ3) is 3.59. The number of nitrogens with one attached hydrogen (secondary N) is 1. The maximum atomic E-state index is 12.6. The largest absolute Gasteiger partial charge is 0.491 e. The minimum absolute atomic E-state index is 0.0987. The molecule has 134 valence electrons. The highest BCUT2D eigenvalue weighted by molar-refractivity contribution is 5.96. The number of para-hydroxylation sites is 1. The average Bonchev–Trinajstić information content (AvgIpc) is 2.63. The number of H-pyrrole nitrogens is 1. The van der Waals surface area contributed by atoms with Gasteiger partial charge in [0.25, 0.3) is 5.91 Å². The van der Waals surface area contributed by atoms with Crippen LogP contribution in [0.1, 0.15) is 21.6 Å². The van der Waals surface area contributed by atoms with Gasteiger partial charge in [0, 0.05) is 18.9 Å². The van der Waals surface area contributed by atoms with E-state index in [1.165, 1.54) is 11.1 Å². The summed E-state index contributed by atoms with van der Waals surface area (Å²) in [5.74, 6) is 0.445. The van der Waals surface area contributed by atoms with Crippen molar-refractivity contribution in [1.82, 2.24) is 14.9 Å². The molecule has 0 unspecified atom stereocenters. The van der Waals surface area contributed by atoms with E-state index in [1.54, 1.807) is 19.2 Å². The molecule has 0 radical (unpaired) electrons. The van der Waals surface area contributed by atoms with Gasteiger partial charge in [-0.15, -0.1) is 0 Å². The van der Waals surface area contributed by atoms with Crippen molar-refractivity contribution in [3.63, 3.8) is 0 Å². The summed E-state index contributed by atoms with van der Waals surface area (Å²) in [5.41, 5.74) is 2.11. The zero-order chi connectivity index (χ0) is 18.7. The number of carbonyl (C=O) groups excluding carboxylic acids is 1. The first-order valence-electron chi connectivity index (χ1n) is 8.40. The van der Waals surface area contributed by atoms with Gasteiger partial charge in [-0.25, -0.2) is 4.98 Å². The maximum absolute atomic E-state index is 12.6. The molecule has 1 amide bonds. The van der Waals surface area contributed by atoms with Crippen LogP contribution in [-0.2, 0) is 0 Å². The van der Waals surface area contributed by atoms with Crippen molar-refractivity contribution in [3.8, 4) is 5.75 Å². The second kappa shape index (κ2) is 7.39. The predicted octanol–water partition coefficient (Wildman–Crippen LogP) is 2.69. The normalized spacial score (nSPS) is 10.7. The van der Waals surface area contributed by atoms with Crippen molar-refractivity contribution < 1.29 is 9.53 Å². The Labute approximate surface area is 151 Å². The van der Waals surface area contributed by atoms with Gasteiger partial charge in [-0.2, -0.15) is 0 Å². The number of hydrogen-bond donors (Lipinski definition) is 1. The van der Waals surface area contributed by atoms with Crippen LogP contribution in [0, 0.1) is 13.8 Å². The number of nitrogens with zero attached hydrogens (tertiary/aromatic N) is 2. The highest BCUT2D eigenvalue weighted by Gasteiger charge is 2.17. The highest BCUT2D eigenvalue weighted by Crippen LogP contribution is 2.16. The number of hydrogen-bond acceptors (Lipinski definition) is 4. The molecule has 0 atom stereocenters. The lowest BCUT2D eigenvalue weighted by atomic mass is 10.1. The van der Waals surface area contributed by atoms with Gasteiger partial charge >= 0.3 is 0 Å². The Balaban J connectivity index is 1.71. The van der Waals surface area contributed by atoms with Crippen LogP contribution in [0.3, 0.4) is 0 Å². The van der Waals surface area contributed by atoms with Gasteiger partial charge in [0.15, 0.2) is 0 Å². The first kappa shape index (κ1) is 17.7. The molecular weight excluding hydrogens is 330 g/mol. The first-order chi connectivity index (χ1) is 12.5. The summed E-state index contributed by atoms with van der Waals surface area (Å²) in [6.07, 6.45) is 1.43. The van der Waals surface area contributed by atoms with Gasteiger partial charge < -0.3 is 14.6 Å². The minimum atomic E-state index is -0.345. The van der Waals surface area contributed by atoms with Crippen LogP contribution in [0.25, 0.3) is 11.0 Å². The molecule has 2 heterocycles. The molecule has 2 aromatic heterocycles. The van der Waals surface area contributed by atoms with Crippen LogP contribution < -0.4 is 10.2 Å². The smallest absolute Gasteiger partial charge is 0.259 e. The summed E-state index contributed by atoms with van der Waals surface area (Å²) in [5, 5.41) is 0.408. The van der Waals surface area contributed by atoms with Crippen molar-refractivity contribution in [1.29, 1.82) is 0 Å². The van der Waals surface area contributed by atoms with Crippen LogP contribution >= 0.6 is 0 Å². The summed E-state index contributed by atoms with van der Waals surface area (Å²) in [6, 6.07) is 11.1. The molecule has 0 aliphatic carbocycles. The Kier molecular flexibility index (Phi) is 5.02. The fourth-order valence-electron chi connectivity index (χ4n) is 2.68. The summed E-state index contributed by atoms with van der Waals surface area (Å²) >= 11 is 0. The molecule has 1 aromatic carbocycles. The lowest BCUT2D eigenvalue weighted by molar-refractivity contribution is 0.0772. The summed E-state index contributed by atoms with van der Waals surface area (Å²) in [6.45, 7) is 4.53. The lowest BCUT2D eigenvalue weighted by Crippen LogP contribution is -2.34. The van der Waals surface area contributed by atoms with Crippen LogP contribution in [0.15, 0.2) is 47.4 Å². The highest BCUT2D eigenvalue weighted by atomic mass is 16.5. The van der Waals surface area contributed by atoms with Crippen LogP contribution in [0.4, 0.5) is 0 Å². The SMILES string of the molecule is Cc1ccc2c(=O)c(C(=O)N(C)CCOc3ccccc3C)c[nH]c2n1. The number of likely N-dealkylation sites (N-methyl/N-ethyl adjacent to an activating group) is 1. The van der Waals surface area contributed by atoms with Gasteiger partial charge in [0.05, 0.1) is 11.9 Å². The number of pyridine rings is 2. The molecule has 0 spiro atoms. The van der Waals surface area contributed by atoms with Crippen LogP contribution in [0.5, 0.6) is 5.75 Å². The van der Waals surface area contributed by atoms with Gasteiger partial charge in [0.2, 0.25) is 5.43 Å². The summed E-state index contributed by atoms with van der Waals surface area (Å²) in [4.78, 5) is 33.9. The predicted molar refractivity (Wildman–Crippen MR) is 101 cm³/mol. The van der Waals surface area contributed by atoms with E-state index in [4.69, 9.17) is 4.74 Å². The number of ether oxygens (including phenoxy) is 1. The zero-order valence-electron chi connectivity index (χ0n) is 15.1. The monoisotopic (exact) mass is 351 g/mol. The van der Waals surface area contributed by atoms with Gasteiger partial charge in [0.1, 0.15) is 23.6 Å². The average molecular weight is 351 g/mol. The van der Waals surface area contributed by atoms with Gasteiger partial charge in [-0.1, -0.05) is 18.2 Å². The van der Waals surface area contributed by atoms with E-state index >= 15 is 0 Å². The molecule has 0 aliphatic rings. The van der Waals surface area contributed by atoms with Crippen molar-refractivity contribution in [3.05, 3.63) is 69.6 Å². The van der Waals surface area contributed by atoms with Crippen molar-refractivity contribution >= 4 is 16.9 Å². The first-order valence-corrected chi connectivity index (χ1v) is 8.40. The topological polar surface area (TPSA) is 75.3 Å². The van der Waals surface area contributed by atoms with Gasteiger partial charge in [-0.3, -0.25) is 9.59 Å². The zero-order valence-corrected chi connectivity index (χ0v) is 15.1. The number of amides is 1. The van der Waals surface area contributed by atoms with E-state index in [0.717, 1.165) is 17.0 Å². The fourth-order valence-corrected chi connectivity index (χ4v) is 2.68. The number of carbonyl (C=O) groups is 1.